The van der Waals surface area contributed by atoms with Crippen LogP contribution in [0.5, 0.6) is 5.88 Å². The van der Waals surface area contributed by atoms with E-state index in [0.717, 1.165) is 10.9 Å². The van der Waals surface area contributed by atoms with Gasteiger partial charge in [-0.2, -0.15) is 0 Å². The number of nitrogens with zero attached hydrogens (tertiary/aromatic N) is 1. The molecule has 0 fully saturated rings. The molecule has 0 saturated carbocycles. The van der Waals surface area contributed by atoms with Gasteiger partial charge in [0.25, 0.3) is 0 Å². The van der Waals surface area contributed by atoms with Crippen LogP contribution in [-0.2, 0) is 4.74 Å². The SMILES string of the molecule is CCOc1ccc2cc(C(=O)OC)ccc2n1. The van der Waals surface area contributed by atoms with E-state index < -0.39 is 0 Å². The molecule has 2 rings (SSSR count). The lowest BCUT2D eigenvalue weighted by molar-refractivity contribution is 0.0601. The molecule has 1 aromatic heterocycles. The van der Waals surface area contributed by atoms with E-state index >= 15 is 0 Å². The first kappa shape index (κ1) is 11.4. The third kappa shape index (κ3) is 2.36. The van der Waals surface area contributed by atoms with Crippen LogP contribution in [0.4, 0.5) is 0 Å². The van der Waals surface area contributed by atoms with Gasteiger partial charge < -0.3 is 9.47 Å². The summed E-state index contributed by atoms with van der Waals surface area (Å²) >= 11 is 0. The Morgan fingerprint density at radius 3 is 2.82 bits per heavy atom. The molecule has 2 aromatic rings. The summed E-state index contributed by atoms with van der Waals surface area (Å²) in [5.74, 6) is 0.242. The molecule has 88 valence electrons. The van der Waals surface area contributed by atoms with Crippen LogP contribution < -0.4 is 4.74 Å². The normalized spacial score (nSPS) is 10.2. The molecule has 0 amide bonds. The molecule has 0 aliphatic rings. The minimum atomic E-state index is -0.346. The molecule has 0 saturated heterocycles. The Morgan fingerprint density at radius 1 is 1.29 bits per heavy atom. The third-order valence-corrected chi connectivity index (χ3v) is 2.38. The van der Waals surface area contributed by atoms with Gasteiger partial charge in [-0.25, -0.2) is 9.78 Å². The zero-order valence-corrected chi connectivity index (χ0v) is 9.77. The van der Waals surface area contributed by atoms with E-state index in [1.165, 1.54) is 7.11 Å². The molecule has 0 bridgehead atoms. The molecule has 0 N–H and O–H groups in total. The minimum Gasteiger partial charge on any atom is -0.478 e. The van der Waals surface area contributed by atoms with E-state index in [0.29, 0.717) is 18.1 Å². The molecule has 0 aliphatic heterocycles. The van der Waals surface area contributed by atoms with Crippen molar-refractivity contribution >= 4 is 16.9 Å². The minimum absolute atomic E-state index is 0.346. The van der Waals surface area contributed by atoms with Crippen molar-refractivity contribution in [2.75, 3.05) is 13.7 Å². The van der Waals surface area contributed by atoms with Crippen LogP contribution in [0.3, 0.4) is 0 Å². The molecular weight excluding hydrogens is 218 g/mol. The molecule has 0 radical (unpaired) electrons. The van der Waals surface area contributed by atoms with Crippen LogP contribution in [0.25, 0.3) is 10.9 Å². The molecule has 1 aromatic carbocycles. The number of ether oxygens (including phenoxy) is 2. The number of benzene rings is 1. The Morgan fingerprint density at radius 2 is 2.12 bits per heavy atom. The maximum absolute atomic E-state index is 11.4. The first-order valence-electron chi connectivity index (χ1n) is 5.36. The van der Waals surface area contributed by atoms with Crippen molar-refractivity contribution in [1.29, 1.82) is 0 Å². The van der Waals surface area contributed by atoms with E-state index in [9.17, 15) is 4.79 Å². The average Bonchev–Trinajstić information content (AvgIpc) is 2.37. The van der Waals surface area contributed by atoms with Crippen LogP contribution in [0.15, 0.2) is 30.3 Å². The van der Waals surface area contributed by atoms with Crippen molar-refractivity contribution in [3.8, 4) is 5.88 Å². The molecule has 17 heavy (non-hydrogen) atoms. The standard InChI is InChI=1S/C13H13NO3/c1-3-17-12-7-5-9-8-10(13(15)16-2)4-6-11(9)14-12/h4-8H,3H2,1-2H3. The van der Waals surface area contributed by atoms with Crippen LogP contribution in [0.1, 0.15) is 17.3 Å². The van der Waals surface area contributed by atoms with Gasteiger partial charge in [-0.3, -0.25) is 0 Å². The number of aromatic nitrogens is 1. The van der Waals surface area contributed by atoms with Gasteiger partial charge in [-0.05, 0) is 31.2 Å². The lowest BCUT2D eigenvalue weighted by Crippen LogP contribution is -2.01. The lowest BCUT2D eigenvalue weighted by atomic mass is 10.1. The van der Waals surface area contributed by atoms with Crippen molar-refractivity contribution in [1.82, 2.24) is 4.98 Å². The molecule has 0 unspecified atom stereocenters. The molecule has 0 spiro atoms. The zero-order valence-electron chi connectivity index (χ0n) is 9.77. The van der Waals surface area contributed by atoms with Gasteiger partial charge >= 0.3 is 5.97 Å². The molecule has 1 heterocycles. The summed E-state index contributed by atoms with van der Waals surface area (Å²) in [5, 5.41) is 0.886. The molecule has 4 nitrogen and oxygen atoms in total. The topological polar surface area (TPSA) is 48.4 Å². The summed E-state index contributed by atoms with van der Waals surface area (Å²) in [6, 6.07) is 8.89. The van der Waals surface area contributed by atoms with Gasteiger partial charge in [0.15, 0.2) is 0 Å². The zero-order chi connectivity index (χ0) is 12.3. The number of carbonyl (C=O) groups is 1. The summed E-state index contributed by atoms with van der Waals surface area (Å²) < 4.78 is 9.97. The third-order valence-electron chi connectivity index (χ3n) is 2.38. The number of pyridine rings is 1. The molecular formula is C13H13NO3. The van der Waals surface area contributed by atoms with Gasteiger partial charge in [0.1, 0.15) is 0 Å². The maximum Gasteiger partial charge on any atom is 0.337 e. The fourth-order valence-electron chi connectivity index (χ4n) is 1.58. The number of hydrogen-bond acceptors (Lipinski definition) is 4. The predicted molar refractivity (Wildman–Crippen MR) is 64.3 cm³/mol. The maximum atomic E-state index is 11.4. The number of rotatable bonds is 3. The lowest BCUT2D eigenvalue weighted by Gasteiger charge is -2.04. The van der Waals surface area contributed by atoms with Crippen molar-refractivity contribution in [3.63, 3.8) is 0 Å². The first-order chi connectivity index (χ1) is 8.24. The van der Waals surface area contributed by atoms with Gasteiger partial charge in [-0.1, -0.05) is 0 Å². The van der Waals surface area contributed by atoms with Crippen LogP contribution in [0.2, 0.25) is 0 Å². The van der Waals surface area contributed by atoms with Gasteiger partial charge in [0.2, 0.25) is 5.88 Å². The number of methoxy groups -OCH3 is 1. The summed E-state index contributed by atoms with van der Waals surface area (Å²) in [4.78, 5) is 15.7. The highest BCUT2D eigenvalue weighted by atomic mass is 16.5. The fraction of sp³-hybridized carbons (Fsp3) is 0.231. The van der Waals surface area contributed by atoms with Gasteiger partial charge in [0, 0.05) is 11.5 Å². The van der Waals surface area contributed by atoms with Crippen molar-refractivity contribution < 1.29 is 14.3 Å². The largest absolute Gasteiger partial charge is 0.478 e. The highest BCUT2D eigenvalue weighted by Crippen LogP contribution is 2.18. The second-order valence-electron chi connectivity index (χ2n) is 3.48. The highest BCUT2D eigenvalue weighted by Gasteiger charge is 2.06. The quantitative estimate of drug-likeness (QED) is 0.761. The van der Waals surface area contributed by atoms with E-state index in [-0.39, 0.29) is 5.97 Å². The molecule has 0 atom stereocenters. The van der Waals surface area contributed by atoms with Crippen molar-refractivity contribution in [2.24, 2.45) is 0 Å². The average molecular weight is 231 g/mol. The van der Waals surface area contributed by atoms with Crippen LogP contribution in [0, 0.1) is 0 Å². The Labute approximate surface area is 99.2 Å². The Kier molecular flexibility index (Phi) is 3.23. The molecule has 0 aliphatic carbocycles. The predicted octanol–water partition coefficient (Wildman–Crippen LogP) is 2.42. The number of hydrogen-bond donors (Lipinski definition) is 0. The Balaban J connectivity index is 2.43. The van der Waals surface area contributed by atoms with E-state index in [1.54, 1.807) is 24.3 Å². The molecule has 4 heteroatoms. The Bertz CT molecular complexity index is 551. The first-order valence-corrected chi connectivity index (χ1v) is 5.36. The van der Waals surface area contributed by atoms with Crippen LogP contribution in [-0.4, -0.2) is 24.7 Å². The number of esters is 1. The van der Waals surface area contributed by atoms with E-state index in [4.69, 9.17) is 4.74 Å². The fourth-order valence-corrected chi connectivity index (χ4v) is 1.58. The summed E-state index contributed by atoms with van der Waals surface area (Å²) in [6.45, 7) is 2.49. The smallest absolute Gasteiger partial charge is 0.337 e. The Hall–Kier alpha value is -2.10. The number of carbonyl (C=O) groups excluding carboxylic acids is 1. The van der Waals surface area contributed by atoms with Crippen LogP contribution >= 0.6 is 0 Å². The number of fused-ring (bicyclic) bond motifs is 1. The van der Waals surface area contributed by atoms with Crippen molar-refractivity contribution in [3.05, 3.63) is 35.9 Å². The summed E-state index contributed by atoms with van der Waals surface area (Å²) in [7, 11) is 1.36. The summed E-state index contributed by atoms with van der Waals surface area (Å²) in [6.07, 6.45) is 0. The van der Waals surface area contributed by atoms with E-state index in [2.05, 4.69) is 9.72 Å². The van der Waals surface area contributed by atoms with E-state index in [1.807, 2.05) is 13.0 Å². The second kappa shape index (κ2) is 4.82. The second-order valence-corrected chi connectivity index (χ2v) is 3.48. The van der Waals surface area contributed by atoms with Crippen molar-refractivity contribution in [2.45, 2.75) is 6.92 Å². The van der Waals surface area contributed by atoms with Gasteiger partial charge in [0.05, 0.1) is 24.8 Å². The highest BCUT2D eigenvalue weighted by molar-refractivity contribution is 5.94. The summed E-state index contributed by atoms with van der Waals surface area (Å²) in [5.41, 5.74) is 1.31. The van der Waals surface area contributed by atoms with Gasteiger partial charge in [-0.15, -0.1) is 0 Å². The monoisotopic (exact) mass is 231 g/mol.